The van der Waals surface area contributed by atoms with Crippen molar-refractivity contribution in [3.05, 3.63) is 69.8 Å². The summed E-state index contributed by atoms with van der Waals surface area (Å²) < 4.78 is 5.29. The van der Waals surface area contributed by atoms with Crippen molar-refractivity contribution in [3.63, 3.8) is 0 Å². The molecule has 0 aliphatic carbocycles. The number of ether oxygens (including phenoxy) is 1. The normalized spacial score (nSPS) is 9.33. The fourth-order valence-electron chi connectivity index (χ4n) is 1.64. The first-order chi connectivity index (χ1) is 10.2. The summed E-state index contributed by atoms with van der Waals surface area (Å²) in [7, 11) is 0. The lowest BCUT2D eigenvalue weighted by atomic mass is 10.2. The highest BCUT2D eigenvalue weighted by molar-refractivity contribution is 5.76. The second kappa shape index (κ2) is 6.87. The summed E-state index contributed by atoms with van der Waals surface area (Å²) in [5.74, 6) is 5.68. The molecule has 0 bridgehead atoms. The molecule has 0 atom stereocenters. The Balaban J connectivity index is 2.11. The molecular formula is C16H11NO4. The van der Waals surface area contributed by atoms with E-state index in [-0.39, 0.29) is 18.0 Å². The van der Waals surface area contributed by atoms with E-state index in [0.29, 0.717) is 11.8 Å². The Labute approximate surface area is 121 Å². The number of aldehydes is 1. The molecule has 0 aliphatic heterocycles. The molecule has 0 saturated carbocycles. The van der Waals surface area contributed by atoms with Crippen molar-refractivity contribution in [1.29, 1.82) is 0 Å². The van der Waals surface area contributed by atoms with Crippen molar-refractivity contribution in [2.24, 2.45) is 0 Å². The van der Waals surface area contributed by atoms with Crippen LogP contribution < -0.4 is 4.74 Å². The van der Waals surface area contributed by atoms with Crippen LogP contribution in [0.4, 0.5) is 5.69 Å². The van der Waals surface area contributed by atoms with Crippen molar-refractivity contribution < 1.29 is 14.5 Å². The van der Waals surface area contributed by atoms with E-state index in [1.54, 1.807) is 0 Å². The van der Waals surface area contributed by atoms with E-state index in [1.165, 1.54) is 18.2 Å². The molecular weight excluding hydrogens is 270 g/mol. The predicted molar refractivity (Wildman–Crippen MR) is 77.3 cm³/mol. The Hall–Kier alpha value is -3.13. The molecule has 2 aromatic rings. The van der Waals surface area contributed by atoms with Crippen molar-refractivity contribution in [2.75, 3.05) is 6.61 Å². The molecule has 0 N–H and O–H groups in total. The Morgan fingerprint density at radius 1 is 1.19 bits per heavy atom. The lowest BCUT2D eigenvalue weighted by Gasteiger charge is -2.03. The summed E-state index contributed by atoms with van der Waals surface area (Å²) in [6, 6.07) is 13.3. The molecule has 0 saturated heterocycles. The van der Waals surface area contributed by atoms with Gasteiger partial charge in [0.15, 0.2) is 5.75 Å². The third-order valence-electron chi connectivity index (χ3n) is 2.62. The van der Waals surface area contributed by atoms with Crippen LogP contribution in [-0.2, 0) is 0 Å². The van der Waals surface area contributed by atoms with Crippen LogP contribution in [0, 0.1) is 22.0 Å². The maximum Gasteiger partial charge on any atom is 0.311 e. The van der Waals surface area contributed by atoms with E-state index in [9.17, 15) is 14.9 Å². The van der Waals surface area contributed by atoms with Crippen LogP contribution in [0.2, 0.25) is 0 Å². The van der Waals surface area contributed by atoms with Gasteiger partial charge in [-0.1, -0.05) is 30.0 Å². The van der Waals surface area contributed by atoms with Crippen LogP contribution in [0.25, 0.3) is 0 Å². The van der Waals surface area contributed by atoms with Gasteiger partial charge in [0.25, 0.3) is 0 Å². The van der Waals surface area contributed by atoms with E-state index in [2.05, 4.69) is 11.8 Å². The van der Waals surface area contributed by atoms with Gasteiger partial charge in [-0.3, -0.25) is 14.9 Å². The third-order valence-corrected chi connectivity index (χ3v) is 2.62. The number of carbonyl (C=O) groups excluding carboxylic acids is 1. The quantitative estimate of drug-likeness (QED) is 0.374. The molecule has 0 unspecified atom stereocenters. The molecule has 0 spiro atoms. The number of benzene rings is 2. The summed E-state index contributed by atoms with van der Waals surface area (Å²) in [4.78, 5) is 21.0. The monoisotopic (exact) mass is 281 g/mol. The van der Waals surface area contributed by atoms with Crippen LogP contribution in [0.15, 0.2) is 48.5 Å². The number of carbonyl (C=O) groups is 1. The lowest BCUT2D eigenvalue weighted by molar-refractivity contribution is -0.385. The fraction of sp³-hybridized carbons (Fsp3) is 0.0625. The minimum atomic E-state index is -0.561. The average Bonchev–Trinajstić information content (AvgIpc) is 2.52. The summed E-state index contributed by atoms with van der Waals surface area (Å²) >= 11 is 0. The number of nitro benzene ring substituents is 1. The fourth-order valence-corrected chi connectivity index (χ4v) is 1.64. The van der Waals surface area contributed by atoms with Crippen molar-refractivity contribution >= 4 is 12.0 Å². The van der Waals surface area contributed by atoms with Crippen LogP contribution in [0.3, 0.4) is 0 Å². The van der Waals surface area contributed by atoms with Crippen molar-refractivity contribution in [3.8, 4) is 17.6 Å². The topological polar surface area (TPSA) is 69.4 Å². The zero-order valence-corrected chi connectivity index (χ0v) is 11.0. The summed E-state index contributed by atoms with van der Waals surface area (Å²) in [5, 5.41) is 10.9. The molecule has 2 rings (SSSR count). The van der Waals surface area contributed by atoms with E-state index in [4.69, 9.17) is 4.74 Å². The van der Waals surface area contributed by atoms with Crippen molar-refractivity contribution in [1.82, 2.24) is 0 Å². The van der Waals surface area contributed by atoms with Gasteiger partial charge in [0, 0.05) is 17.2 Å². The number of nitrogens with zero attached hydrogens (tertiary/aromatic N) is 1. The molecule has 0 radical (unpaired) electrons. The maximum atomic E-state index is 10.9. The predicted octanol–water partition coefficient (Wildman–Crippen LogP) is 2.84. The Morgan fingerprint density at radius 2 is 1.95 bits per heavy atom. The highest BCUT2D eigenvalue weighted by Gasteiger charge is 2.15. The molecule has 0 fully saturated rings. The number of rotatable bonds is 4. The van der Waals surface area contributed by atoms with E-state index >= 15 is 0 Å². The van der Waals surface area contributed by atoms with Gasteiger partial charge in [0.05, 0.1) is 4.92 Å². The largest absolute Gasteiger partial charge is 0.474 e. The van der Waals surface area contributed by atoms with Crippen molar-refractivity contribution in [2.45, 2.75) is 0 Å². The van der Waals surface area contributed by atoms with Gasteiger partial charge in [-0.2, -0.15) is 0 Å². The minimum Gasteiger partial charge on any atom is -0.474 e. The highest BCUT2D eigenvalue weighted by Crippen LogP contribution is 2.27. The maximum absolute atomic E-state index is 10.9. The molecule has 0 heterocycles. The van der Waals surface area contributed by atoms with Gasteiger partial charge in [0.2, 0.25) is 0 Å². The smallest absolute Gasteiger partial charge is 0.311 e. The second-order valence-electron chi connectivity index (χ2n) is 4.06. The first-order valence-corrected chi connectivity index (χ1v) is 6.11. The number of nitro groups is 1. The van der Waals surface area contributed by atoms with Crippen LogP contribution >= 0.6 is 0 Å². The standard InChI is InChI=1S/C16H11NO4/c18-12-14-8-9-15(17(19)20)16(11-14)21-10-4-7-13-5-2-1-3-6-13/h1-3,5-6,8-9,11-12H,10H2. The highest BCUT2D eigenvalue weighted by atomic mass is 16.6. The second-order valence-corrected chi connectivity index (χ2v) is 4.06. The summed E-state index contributed by atoms with van der Waals surface area (Å²) in [6.07, 6.45) is 0.603. The van der Waals surface area contributed by atoms with Gasteiger partial charge in [-0.25, -0.2) is 0 Å². The molecule has 0 aliphatic rings. The third kappa shape index (κ3) is 3.91. The van der Waals surface area contributed by atoms with E-state index in [1.807, 2.05) is 30.3 Å². The lowest BCUT2D eigenvalue weighted by Crippen LogP contribution is -1.99. The summed E-state index contributed by atoms with van der Waals surface area (Å²) in [5.41, 5.74) is 0.950. The number of hydrogen-bond donors (Lipinski definition) is 0. The van der Waals surface area contributed by atoms with E-state index in [0.717, 1.165) is 5.56 Å². The molecule has 2 aromatic carbocycles. The van der Waals surface area contributed by atoms with Gasteiger partial charge >= 0.3 is 5.69 Å². The van der Waals surface area contributed by atoms with Gasteiger partial charge < -0.3 is 4.74 Å². The minimum absolute atomic E-state index is 0.00194. The zero-order valence-electron chi connectivity index (χ0n) is 11.0. The average molecular weight is 281 g/mol. The van der Waals surface area contributed by atoms with Gasteiger partial charge in [-0.15, -0.1) is 0 Å². The molecule has 0 amide bonds. The zero-order chi connectivity index (χ0) is 15.1. The first-order valence-electron chi connectivity index (χ1n) is 6.11. The molecule has 21 heavy (non-hydrogen) atoms. The Bertz CT molecular complexity index is 714. The molecule has 5 nitrogen and oxygen atoms in total. The first kappa shape index (κ1) is 14.3. The molecule has 5 heteroatoms. The van der Waals surface area contributed by atoms with Gasteiger partial charge in [-0.05, 0) is 24.3 Å². The van der Waals surface area contributed by atoms with Crippen LogP contribution in [0.1, 0.15) is 15.9 Å². The molecule has 0 aromatic heterocycles. The van der Waals surface area contributed by atoms with Gasteiger partial charge in [0.1, 0.15) is 12.9 Å². The number of hydrogen-bond acceptors (Lipinski definition) is 4. The molecule has 104 valence electrons. The van der Waals surface area contributed by atoms with Crippen LogP contribution in [-0.4, -0.2) is 17.8 Å². The summed E-state index contributed by atoms with van der Waals surface area (Å²) in [6.45, 7) is -0.00194. The van der Waals surface area contributed by atoms with E-state index < -0.39 is 4.92 Å². The Kier molecular flexibility index (Phi) is 4.67. The van der Waals surface area contributed by atoms with Crippen LogP contribution in [0.5, 0.6) is 5.75 Å². The SMILES string of the molecule is O=Cc1ccc([N+](=O)[O-])c(OCC#Cc2ccccc2)c1. The Morgan fingerprint density at radius 3 is 2.62 bits per heavy atom.